The number of carbonyl (C=O) groups is 1. The molecule has 0 aliphatic heterocycles. The number of pyridine rings is 1. The average molecular weight is 416 g/mol. The maximum atomic E-state index is 12.4. The highest BCUT2D eigenvalue weighted by atomic mass is 32.1. The molecule has 1 N–H and O–H groups in total. The minimum Gasteiger partial charge on any atom is -0.483 e. The van der Waals surface area contributed by atoms with Crippen LogP contribution in [0.15, 0.2) is 72.4 Å². The van der Waals surface area contributed by atoms with Gasteiger partial charge in [-0.3, -0.25) is 9.78 Å². The van der Waals surface area contributed by atoms with Crippen molar-refractivity contribution in [1.82, 2.24) is 9.97 Å². The molecular formula is C24H21N3O2S. The second kappa shape index (κ2) is 8.88. The first kappa shape index (κ1) is 19.8. The first-order valence-corrected chi connectivity index (χ1v) is 10.4. The van der Waals surface area contributed by atoms with Crippen molar-refractivity contribution < 1.29 is 9.53 Å². The Kier molecular flexibility index (Phi) is 5.86. The molecule has 2 aromatic carbocycles. The van der Waals surface area contributed by atoms with E-state index in [4.69, 9.17) is 9.72 Å². The molecule has 0 spiro atoms. The summed E-state index contributed by atoms with van der Waals surface area (Å²) in [6.45, 7) is 3.96. The number of anilines is 1. The second-order valence-electron chi connectivity index (χ2n) is 6.90. The van der Waals surface area contributed by atoms with Crippen molar-refractivity contribution in [2.45, 2.75) is 13.8 Å². The average Bonchev–Trinajstić information content (AvgIpc) is 3.26. The Labute approximate surface area is 179 Å². The lowest BCUT2D eigenvalue weighted by molar-refractivity contribution is -0.118. The zero-order valence-corrected chi connectivity index (χ0v) is 17.6. The van der Waals surface area contributed by atoms with Gasteiger partial charge in [-0.2, -0.15) is 0 Å². The van der Waals surface area contributed by atoms with E-state index in [1.165, 1.54) is 0 Å². The van der Waals surface area contributed by atoms with E-state index in [1.807, 2.05) is 73.8 Å². The molecule has 150 valence electrons. The van der Waals surface area contributed by atoms with Crippen molar-refractivity contribution in [3.05, 3.63) is 83.5 Å². The normalized spacial score (nSPS) is 10.6. The summed E-state index contributed by atoms with van der Waals surface area (Å²) in [7, 11) is 0. The highest BCUT2D eigenvalue weighted by Crippen LogP contribution is 2.29. The van der Waals surface area contributed by atoms with Crippen LogP contribution >= 0.6 is 11.3 Å². The van der Waals surface area contributed by atoms with Gasteiger partial charge in [0, 0.05) is 34.6 Å². The van der Waals surface area contributed by atoms with Crippen LogP contribution in [0.3, 0.4) is 0 Å². The number of carbonyl (C=O) groups excluding carboxylic acids is 1. The van der Waals surface area contributed by atoms with Gasteiger partial charge in [0.05, 0.1) is 5.69 Å². The number of benzene rings is 2. The molecule has 0 fully saturated rings. The van der Waals surface area contributed by atoms with Crippen LogP contribution < -0.4 is 10.1 Å². The first-order valence-electron chi connectivity index (χ1n) is 9.55. The number of aromatic nitrogens is 2. The van der Waals surface area contributed by atoms with Gasteiger partial charge in [0.25, 0.3) is 5.91 Å². The predicted octanol–water partition coefficient (Wildman–Crippen LogP) is 5.51. The van der Waals surface area contributed by atoms with Crippen LogP contribution in [0.1, 0.15) is 11.1 Å². The summed E-state index contributed by atoms with van der Waals surface area (Å²) in [5.41, 5.74) is 5.67. The van der Waals surface area contributed by atoms with Crippen LogP contribution in [0, 0.1) is 13.8 Å². The number of rotatable bonds is 6. The first-order chi connectivity index (χ1) is 14.6. The number of aryl methyl sites for hydroxylation is 1. The monoisotopic (exact) mass is 415 g/mol. The van der Waals surface area contributed by atoms with E-state index in [0.29, 0.717) is 5.69 Å². The smallest absolute Gasteiger partial charge is 0.262 e. The van der Waals surface area contributed by atoms with Crippen molar-refractivity contribution in [2.24, 2.45) is 0 Å². The molecular weight excluding hydrogens is 394 g/mol. The Hall–Kier alpha value is -3.51. The van der Waals surface area contributed by atoms with E-state index in [2.05, 4.69) is 10.3 Å². The molecule has 0 saturated heterocycles. The molecule has 0 atom stereocenters. The summed E-state index contributed by atoms with van der Waals surface area (Å²) in [6.07, 6.45) is 3.54. The Morgan fingerprint density at radius 1 is 1.07 bits per heavy atom. The third-order valence-corrected chi connectivity index (χ3v) is 5.66. The molecule has 2 heterocycles. The van der Waals surface area contributed by atoms with Gasteiger partial charge < -0.3 is 10.1 Å². The van der Waals surface area contributed by atoms with Gasteiger partial charge in [-0.15, -0.1) is 11.3 Å². The molecule has 4 rings (SSSR count). The van der Waals surface area contributed by atoms with E-state index in [-0.39, 0.29) is 12.5 Å². The summed E-state index contributed by atoms with van der Waals surface area (Å²) in [5, 5.41) is 5.81. The third kappa shape index (κ3) is 4.55. The van der Waals surface area contributed by atoms with Gasteiger partial charge in [0.2, 0.25) is 0 Å². The Morgan fingerprint density at radius 2 is 1.90 bits per heavy atom. The highest BCUT2D eigenvalue weighted by molar-refractivity contribution is 7.13. The lowest BCUT2D eigenvalue weighted by Crippen LogP contribution is -2.20. The number of hydrogen-bond donors (Lipinski definition) is 1. The van der Waals surface area contributed by atoms with Crippen LogP contribution in [0.2, 0.25) is 0 Å². The van der Waals surface area contributed by atoms with Crippen molar-refractivity contribution in [2.75, 3.05) is 11.9 Å². The fraction of sp³-hybridized carbons (Fsp3) is 0.125. The van der Waals surface area contributed by atoms with Gasteiger partial charge >= 0.3 is 0 Å². The number of ether oxygens (including phenoxy) is 1. The zero-order chi connectivity index (χ0) is 20.9. The van der Waals surface area contributed by atoms with Gasteiger partial charge in [-0.05, 0) is 55.3 Å². The largest absolute Gasteiger partial charge is 0.483 e. The molecule has 0 saturated carbocycles. The van der Waals surface area contributed by atoms with Gasteiger partial charge in [0.1, 0.15) is 10.8 Å². The molecule has 30 heavy (non-hydrogen) atoms. The lowest BCUT2D eigenvalue weighted by atomic mass is 10.1. The van der Waals surface area contributed by atoms with E-state index < -0.39 is 0 Å². The van der Waals surface area contributed by atoms with E-state index in [1.54, 1.807) is 23.7 Å². The standard InChI is InChI=1S/C24H21N3O2S/c1-16-6-3-10-22(17(16)2)29-14-23(28)26-20-9-4-7-18(12-20)21-15-30-24(27-21)19-8-5-11-25-13-19/h3-13,15H,14H2,1-2H3,(H,26,28). The van der Waals surface area contributed by atoms with Crippen molar-refractivity contribution in [1.29, 1.82) is 0 Å². The second-order valence-corrected chi connectivity index (χ2v) is 7.75. The van der Waals surface area contributed by atoms with E-state index in [9.17, 15) is 4.79 Å². The number of nitrogens with zero attached hydrogens (tertiary/aromatic N) is 2. The maximum absolute atomic E-state index is 12.4. The minimum absolute atomic E-state index is 0.0453. The molecule has 1 amide bonds. The SMILES string of the molecule is Cc1cccc(OCC(=O)Nc2cccc(-c3csc(-c4cccnc4)n3)c2)c1C. The molecule has 0 aliphatic carbocycles. The highest BCUT2D eigenvalue weighted by Gasteiger charge is 2.10. The van der Waals surface area contributed by atoms with Gasteiger partial charge in [-0.25, -0.2) is 4.98 Å². The Morgan fingerprint density at radius 3 is 2.73 bits per heavy atom. The summed E-state index contributed by atoms with van der Waals surface area (Å²) < 4.78 is 5.69. The van der Waals surface area contributed by atoms with Crippen molar-refractivity contribution >= 4 is 22.9 Å². The molecule has 0 unspecified atom stereocenters. The van der Waals surface area contributed by atoms with E-state index in [0.717, 1.165) is 38.7 Å². The molecule has 0 bridgehead atoms. The fourth-order valence-corrected chi connectivity index (χ4v) is 3.83. The molecule has 0 aliphatic rings. The number of nitrogens with one attached hydrogen (secondary N) is 1. The van der Waals surface area contributed by atoms with Crippen molar-refractivity contribution in [3.63, 3.8) is 0 Å². The molecule has 0 radical (unpaired) electrons. The number of hydrogen-bond acceptors (Lipinski definition) is 5. The third-order valence-electron chi connectivity index (χ3n) is 4.77. The minimum atomic E-state index is -0.206. The van der Waals surface area contributed by atoms with Crippen molar-refractivity contribution in [3.8, 4) is 27.6 Å². The Bertz CT molecular complexity index is 1170. The summed E-state index contributed by atoms with van der Waals surface area (Å²) in [4.78, 5) is 21.2. The molecule has 5 nitrogen and oxygen atoms in total. The molecule has 6 heteroatoms. The fourth-order valence-electron chi connectivity index (χ4n) is 3.01. The topological polar surface area (TPSA) is 64.1 Å². The van der Waals surface area contributed by atoms with Gasteiger partial charge in [0.15, 0.2) is 6.61 Å². The van der Waals surface area contributed by atoms with Crippen LogP contribution in [0.4, 0.5) is 5.69 Å². The number of amides is 1. The van der Waals surface area contributed by atoms with Crippen LogP contribution in [0.5, 0.6) is 5.75 Å². The van der Waals surface area contributed by atoms with Crippen LogP contribution in [-0.2, 0) is 4.79 Å². The van der Waals surface area contributed by atoms with E-state index >= 15 is 0 Å². The summed E-state index contributed by atoms with van der Waals surface area (Å²) in [6, 6.07) is 17.3. The van der Waals surface area contributed by atoms with Gasteiger partial charge in [-0.1, -0.05) is 24.3 Å². The quantitative estimate of drug-likeness (QED) is 0.451. The summed E-state index contributed by atoms with van der Waals surface area (Å²) in [5.74, 6) is 0.520. The molecule has 2 aromatic heterocycles. The van der Waals surface area contributed by atoms with Crippen LogP contribution in [0.25, 0.3) is 21.8 Å². The summed E-state index contributed by atoms with van der Waals surface area (Å²) >= 11 is 1.57. The lowest BCUT2D eigenvalue weighted by Gasteiger charge is -2.11. The van der Waals surface area contributed by atoms with Crippen LogP contribution in [-0.4, -0.2) is 22.5 Å². The zero-order valence-electron chi connectivity index (χ0n) is 16.8. The molecule has 4 aromatic rings. The Balaban J connectivity index is 1.43. The maximum Gasteiger partial charge on any atom is 0.262 e. The number of thiazole rings is 1. The predicted molar refractivity (Wildman–Crippen MR) is 121 cm³/mol.